The summed E-state index contributed by atoms with van der Waals surface area (Å²) in [5.74, 6) is 0. The molecule has 13 heavy (non-hydrogen) atoms. The second-order valence-corrected chi connectivity index (χ2v) is 3.52. The molecule has 0 aliphatic carbocycles. The summed E-state index contributed by atoms with van der Waals surface area (Å²) >= 11 is 0. The van der Waals surface area contributed by atoms with Crippen LogP contribution < -0.4 is 0 Å². The van der Waals surface area contributed by atoms with Crippen LogP contribution in [0.3, 0.4) is 0 Å². The fraction of sp³-hybridized carbons (Fsp3) is 0.667. The Morgan fingerprint density at radius 3 is 2.62 bits per heavy atom. The van der Waals surface area contributed by atoms with E-state index in [1.54, 1.807) is 0 Å². The molecule has 0 rings (SSSR count). The summed E-state index contributed by atoms with van der Waals surface area (Å²) in [6.07, 6.45) is 8.01. The molecular weight excluding hydrogens is 158 g/mol. The van der Waals surface area contributed by atoms with E-state index in [9.17, 15) is 0 Å². The van der Waals surface area contributed by atoms with Crippen LogP contribution in [0.15, 0.2) is 24.9 Å². The van der Waals surface area contributed by atoms with Crippen LogP contribution in [0.4, 0.5) is 0 Å². The Bertz CT molecular complexity index is 149. The lowest BCUT2D eigenvalue weighted by atomic mass is 10.1. The van der Waals surface area contributed by atoms with Crippen LogP contribution in [0.25, 0.3) is 0 Å². The smallest absolute Gasteiger partial charge is 0.0206 e. The lowest BCUT2D eigenvalue weighted by Crippen LogP contribution is -2.17. The molecule has 0 atom stereocenters. The molecule has 0 radical (unpaired) electrons. The lowest BCUT2D eigenvalue weighted by molar-refractivity contribution is 0.405. The second-order valence-electron chi connectivity index (χ2n) is 3.52. The fourth-order valence-electron chi connectivity index (χ4n) is 1.21. The van der Waals surface area contributed by atoms with Gasteiger partial charge in [0.1, 0.15) is 0 Å². The van der Waals surface area contributed by atoms with Gasteiger partial charge in [-0.15, -0.1) is 6.58 Å². The van der Waals surface area contributed by atoms with Crippen LogP contribution >= 0.6 is 0 Å². The molecule has 0 heterocycles. The van der Waals surface area contributed by atoms with Crippen molar-refractivity contribution < 1.29 is 0 Å². The van der Waals surface area contributed by atoms with Crippen molar-refractivity contribution in [2.45, 2.75) is 39.0 Å². The first-order valence-corrected chi connectivity index (χ1v) is 5.22. The monoisotopic (exact) mass is 181 g/mol. The van der Waals surface area contributed by atoms with Crippen molar-refractivity contribution in [1.29, 1.82) is 0 Å². The third-order valence-corrected chi connectivity index (χ3v) is 2.28. The predicted octanol–water partition coefficient (Wildman–Crippen LogP) is 3.59. The molecule has 0 unspecified atom stereocenters. The second kappa shape index (κ2) is 7.90. The molecule has 0 bridgehead atoms. The molecule has 0 aromatic heterocycles. The Hall–Kier alpha value is -0.720. The van der Waals surface area contributed by atoms with Crippen molar-refractivity contribution in [1.82, 2.24) is 4.90 Å². The SMILES string of the molecule is C=CCCN(C)C(=C)CCCCC. The summed E-state index contributed by atoms with van der Waals surface area (Å²) in [5, 5.41) is 0. The van der Waals surface area contributed by atoms with E-state index >= 15 is 0 Å². The molecule has 1 heteroatoms. The summed E-state index contributed by atoms with van der Waals surface area (Å²) in [5.41, 5.74) is 1.26. The summed E-state index contributed by atoms with van der Waals surface area (Å²) in [4.78, 5) is 2.23. The highest BCUT2D eigenvalue weighted by atomic mass is 15.1. The molecule has 0 aromatic rings. The molecule has 0 aliphatic rings. The Labute approximate surface area is 83.1 Å². The average molecular weight is 181 g/mol. The molecule has 0 amide bonds. The van der Waals surface area contributed by atoms with E-state index < -0.39 is 0 Å². The molecule has 0 aromatic carbocycles. The van der Waals surface area contributed by atoms with Gasteiger partial charge in [0.25, 0.3) is 0 Å². The maximum atomic E-state index is 4.07. The van der Waals surface area contributed by atoms with Crippen LogP contribution in [-0.4, -0.2) is 18.5 Å². The van der Waals surface area contributed by atoms with Crippen LogP contribution in [0.5, 0.6) is 0 Å². The zero-order valence-electron chi connectivity index (χ0n) is 9.18. The first-order chi connectivity index (χ1) is 6.22. The molecule has 0 fully saturated rings. The summed E-state index contributed by atoms with van der Waals surface area (Å²) in [6, 6.07) is 0. The number of hydrogen-bond donors (Lipinski definition) is 0. The van der Waals surface area contributed by atoms with Crippen molar-refractivity contribution in [2.75, 3.05) is 13.6 Å². The van der Waals surface area contributed by atoms with E-state index in [-0.39, 0.29) is 0 Å². The van der Waals surface area contributed by atoms with Gasteiger partial charge < -0.3 is 4.90 Å². The van der Waals surface area contributed by atoms with Gasteiger partial charge in [0.15, 0.2) is 0 Å². The summed E-state index contributed by atoms with van der Waals surface area (Å²) < 4.78 is 0. The zero-order valence-corrected chi connectivity index (χ0v) is 9.18. The van der Waals surface area contributed by atoms with Crippen molar-refractivity contribution in [2.24, 2.45) is 0 Å². The van der Waals surface area contributed by atoms with Crippen LogP contribution in [-0.2, 0) is 0 Å². The first kappa shape index (κ1) is 12.3. The topological polar surface area (TPSA) is 3.24 Å². The van der Waals surface area contributed by atoms with E-state index in [0.29, 0.717) is 0 Å². The van der Waals surface area contributed by atoms with Gasteiger partial charge in [-0.1, -0.05) is 32.4 Å². The standard InChI is InChI=1S/C12H23N/c1-5-7-9-10-12(3)13(4)11-8-6-2/h6H,2-3,5,7-11H2,1,4H3. The molecule has 0 saturated heterocycles. The highest BCUT2D eigenvalue weighted by Crippen LogP contribution is 2.10. The van der Waals surface area contributed by atoms with Crippen molar-refractivity contribution in [3.05, 3.63) is 24.9 Å². The van der Waals surface area contributed by atoms with Gasteiger partial charge in [0.05, 0.1) is 0 Å². The third kappa shape index (κ3) is 6.44. The fourth-order valence-corrected chi connectivity index (χ4v) is 1.21. The maximum Gasteiger partial charge on any atom is 0.0206 e. The Balaban J connectivity index is 3.50. The van der Waals surface area contributed by atoms with Crippen LogP contribution in [0.2, 0.25) is 0 Å². The van der Waals surface area contributed by atoms with Crippen LogP contribution in [0.1, 0.15) is 39.0 Å². The highest BCUT2D eigenvalue weighted by Gasteiger charge is 1.99. The van der Waals surface area contributed by atoms with Gasteiger partial charge in [0, 0.05) is 19.3 Å². The van der Waals surface area contributed by atoms with Gasteiger partial charge >= 0.3 is 0 Å². The van der Waals surface area contributed by atoms with E-state index in [4.69, 9.17) is 0 Å². The van der Waals surface area contributed by atoms with Gasteiger partial charge in [0.2, 0.25) is 0 Å². The van der Waals surface area contributed by atoms with Gasteiger partial charge in [-0.05, 0) is 19.3 Å². The number of hydrogen-bond acceptors (Lipinski definition) is 1. The van der Waals surface area contributed by atoms with Gasteiger partial charge in [-0.3, -0.25) is 0 Å². The van der Waals surface area contributed by atoms with E-state index in [1.165, 1.54) is 25.0 Å². The lowest BCUT2D eigenvalue weighted by Gasteiger charge is -2.20. The van der Waals surface area contributed by atoms with Crippen LogP contribution in [0, 0.1) is 0 Å². The van der Waals surface area contributed by atoms with Crippen molar-refractivity contribution >= 4 is 0 Å². The van der Waals surface area contributed by atoms with Crippen molar-refractivity contribution in [3.8, 4) is 0 Å². The summed E-state index contributed by atoms with van der Waals surface area (Å²) in [7, 11) is 2.11. The number of rotatable bonds is 8. The van der Waals surface area contributed by atoms with Gasteiger partial charge in [-0.25, -0.2) is 0 Å². The zero-order chi connectivity index (χ0) is 10.1. The maximum absolute atomic E-state index is 4.07. The van der Waals surface area contributed by atoms with Gasteiger partial charge in [-0.2, -0.15) is 0 Å². The first-order valence-electron chi connectivity index (χ1n) is 5.22. The predicted molar refractivity (Wildman–Crippen MR) is 60.7 cm³/mol. The van der Waals surface area contributed by atoms with E-state index in [0.717, 1.165) is 19.4 Å². The number of unbranched alkanes of at least 4 members (excludes halogenated alkanes) is 2. The minimum absolute atomic E-state index is 1.04. The molecular formula is C12H23N. The minimum atomic E-state index is 1.04. The molecule has 0 saturated carbocycles. The Kier molecular flexibility index (Phi) is 7.47. The molecule has 0 aliphatic heterocycles. The molecule has 0 spiro atoms. The third-order valence-electron chi connectivity index (χ3n) is 2.28. The Morgan fingerprint density at radius 2 is 2.08 bits per heavy atom. The largest absolute Gasteiger partial charge is 0.378 e. The summed E-state index contributed by atoms with van der Waals surface area (Å²) in [6.45, 7) is 11.1. The van der Waals surface area contributed by atoms with E-state index in [1.807, 2.05) is 6.08 Å². The number of allylic oxidation sites excluding steroid dienone is 1. The molecule has 1 nitrogen and oxygen atoms in total. The average Bonchev–Trinajstić information content (AvgIpc) is 2.14. The van der Waals surface area contributed by atoms with Crippen molar-refractivity contribution in [3.63, 3.8) is 0 Å². The normalized spacial score (nSPS) is 9.69. The minimum Gasteiger partial charge on any atom is -0.378 e. The Morgan fingerprint density at radius 1 is 1.38 bits per heavy atom. The highest BCUT2D eigenvalue weighted by molar-refractivity contribution is 4.92. The molecule has 0 N–H and O–H groups in total. The van der Waals surface area contributed by atoms with E-state index in [2.05, 4.69) is 32.0 Å². The number of nitrogens with zero attached hydrogens (tertiary/aromatic N) is 1. The molecule has 76 valence electrons. The quantitative estimate of drug-likeness (QED) is 0.408.